The van der Waals surface area contributed by atoms with Crippen LogP contribution in [0.4, 0.5) is 8.78 Å². The molecule has 0 bridgehead atoms. The van der Waals surface area contributed by atoms with E-state index in [0.29, 0.717) is 0 Å². The van der Waals surface area contributed by atoms with E-state index in [1.54, 1.807) is 0 Å². The zero-order valence-electron chi connectivity index (χ0n) is 4.89. The van der Waals surface area contributed by atoms with E-state index < -0.39 is 30.7 Å². The summed E-state index contributed by atoms with van der Waals surface area (Å²) < 4.78 is 28.0. The molecule has 0 atom stereocenters. The van der Waals surface area contributed by atoms with Crippen molar-refractivity contribution in [2.24, 2.45) is 0 Å². The molecule has 0 aromatic carbocycles. The van der Waals surface area contributed by atoms with Crippen molar-refractivity contribution in [3.8, 4) is 0 Å². The second-order valence-corrected chi connectivity index (χ2v) is 1.97. The number of cyclic esters (lactones) is 2. The third-order valence-electron chi connectivity index (χ3n) is 1.15. The summed E-state index contributed by atoms with van der Waals surface area (Å²) in [4.78, 5) is 20.3. The van der Waals surface area contributed by atoms with E-state index in [2.05, 4.69) is 4.74 Å². The molecule has 0 amide bonds. The van der Waals surface area contributed by atoms with Gasteiger partial charge in [0.2, 0.25) is 0 Å². The Balaban J connectivity index is 2.70. The quantitative estimate of drug-likeness (QED) is 0.372. The summed E-state index contributed by atoms with van der Waals surface area (Å²) in [6.07, 6.45) is -1.12. The number of esters is 2. The van der Waals surface area contributed by atoms with Crippen molar-refractivity contribution in [3.63, 3.8) is 0 Å². The highest BCUT2D eigenvalue weighted by molar-refractivity contribution is 5.92. The molecule has 1 rings (SSSR count). The summed E-state index contributed by atoms with van der Waals surface area (Å²) in [5.41, 5.74) is 0. The Kier molecular flexibility index (Phi) is 1.42. The van der Waals surface area contributed by atoms with Crippen molar-refractivity contribution in [2.75, 3.05) is 0 Å². The lowest BCUT2D eigenvalue weighted by Crippen LogP contribution is -2.37. The maximum absolute atomic E-state index is 12.1. The molecule has 1 aliphatic heterocycles. The van der Waals surface area contributed by atoms with Crippen molar-refractivity contribution in [1.82, 2.24) is 0 Å². The van der Waals surface area contributed by atoms with Gasteiger partial charge < -0.3 is 4.74 Å². The number of halogens is 2. The van der Waals surface area contributed by atoms with Gasteiger partial charge in [0.15, 0.2) is 0 Å². The topological polar surface area (TPSA) is 43.4 Å². The van der Waals surface area contributed by atoms with E-state index in [1.807, 2.05) is 0 Å². The van der Waals surface area contributed by atoms with Gasteiger partial charge in [-0.25, -0.2) is 4.79 Å². The van der Waals surface area contributed by atoms with Crippen molar-refractivity contribution in [2.45, 2.75) is 18.8 Å². The fourth-order valence-electron chi connectivity index (χ4n) is 0.590. The number of ether oxygens (including phenoxy) is 1. The van der Waals surface area contributed by atoms with Crippen LogP contribution in [0.3, 0.4) is 0 Å². The van der Waals surface area contributed by atoms with Gasteiger partial charge >= 0.3 is 17.9 Å². The highest BCUT2D eigenvalue weighted by Crippen LogP contribution is 2.26. The van der Waals surface area contributed by atoms with Gasteiger partial charge in [0.05, 0.1) is 6.42 Å². The Bertz CT molecular complexity index is 187. The molecule has 0 saturated carbocycles. The van der Waals surface area contributed by atoms with Gasteiger partial charge in [0.25, 0.3) is 0 Å². The van der Waals surface area contributed by atoms with E-state index in [1.165, 1.54) is 0 Å². The maximum Gasteiger partial charge on any atom is 0.384 e. The zero-order chi connectivity index (χ0) is 7.78. The third-order valence-corrected chi connectivity index (χ3v) is 1.15. The van der Waals surface area contributed by atoms with Crippen molar-refractivity contribution >= 4 is 11.9 Å². The van der Waals surface area contributed by atoms with Crippen molar-refractivity contribution < 1.29 is 23.1 Å². The fraction of sp³-hybridized carbons (Fsp3) is 0.600. The van der Waals surface area contributed by atoms with Gasteiger partial charge in [-0.15, -0.1) is 0 Å². The molecule has 5 heteroatoms. The average molecular weight is 150 g/mol. The van der Waals surface area contributed by atoms with Crippen LogP contribution in [0.25, 0.3) is 0 Å². The highest BCUT2D eigenvalue weighted by Gasteiger charge is 2.45. The maximum atomic E-state index is 12.1. The van der Waals surface area contributed by atoms with Crippen molar-refractivity contribution in [1.29, 1.82) is 0 Å². The number of rotatable bonds is 0. The van der Waals surface area contributed by atoms with Crippen LogP contribution in [0.5, 0.6) is 0 Å². The van der Waals surface area contributed by atoms with Crippen LogP contribution in [0.15, 0.2) is 0 Å². The first-order valence-electron chi connectivity index (χ1n) is 2.65. The molecule has 0 spiro atoms. The van der Waals surface area contributed by atoms with Gasteiger partial charge in [-0.1, -0.05) is 0 Å². The summed E-state index contributed by atoms with van der Waals surface area (Å²) >= 11 is 0. The first-order chi connectivity index (χ1) is 4.52. The number of hydrogen-bond acceptors (Lipinski definition) is 3. The molecular formula is C5H4F2O3. The van der Waals surface area contributed by atoms with E-state index >= 15 is 0 Å². The minimum Gasteiger partial charge on any atom is -0.389 e. The predicted octanol–water partition coefficient (Wildman–Crippen LogP) is 0.485. The first-order valence-corrected chi connectivity index (χ1v) is 2.65. The van der Waals surface area contributed by atoms with E-state index in [0.717, 1.165) is 0 Å². The van der Waals surface area contributed by atoms with Crippen molar-refractivity contribution in [3.05, 3.63) is 0 Å². The number of carbonyl (C=O) groups excluding carboxylic acids is 2. The highest BCUT2D eigenvalue weighted by atomic mass is 19.3. The molecular weight excluding hydrogens is 146 g/mol. The van der Waals surface area contributed by atoms with Gasteiger partial charge in [0, 0.05) is 6.42 Å². The van der Waals surface area contributed by atoms with Gasteiger partial charge in [0.1, 0.15) is 0 Å². The minimum atomic E-state index is -3.46. The van der Waals surface area contributed by atoms with Gasteiger partial charge in [-0.3, -0.25) is 4.79 Å². The van der Waals surface area contributed by atoms with Crippen LogP contribution in [0.2, 0.25) is 0 Å². The van der Waals surface area contributed by atoms with Crippen LogP contribution in [-0.4, -0.2) is 17.9 Å². The molecule has 1 fully saturated rings. The molecule has 10 heavy (non-hydrogen) atoms. The fourth-order valence-corrected chi connectivity index (χ4v) is 0.590. The Morgan fingerprint density at radius 1 is 1.40 bits per heavy atom. The van der Waals surface area contributed by atoms with E-state index in [4.69, 9.17) is 0 Å². The molecule has 1 aliphatic rings. The molecule has 0 aromatic heterocycles. The molecule has 1 saturated heterocycles. The van der Waals surface area contributed by atoms with Crippen LogP contribution >= 0.6 is 0 Å². The summed E-state index contributed by atoms with van der Waals surface area (Å²) in [5, 5.41) is 0. The monoisotopic (exact) mass is 150 g/mol. The molecule has 0 aromatic rings. The Morgan fingerprint density at radius 3 is 2.40 bits per heavy atom. The molecule has 0 radical (unpaired) electrons. The van der Waals surface area contributed by atoms with E-state index in [9.17, 15) is 18.4 Å². The Labute approximate surface area is 55.0 Å². The summed E-state index contributed by atoms with van der Waals surface area (Å²) in [6.45, 7) is 0. The van der Waals surface area contributed by atoms with Crippen LogP contribution < -0.4 is 0 Å². The van der Waals surface area contributed by atoms with Crippen LogP contribution in [0, 0.1) is 0 Å². The first kappa shape index (κ1) is 7.11. The predicted molar refractivity (Wildman–Crippen MR) is 25.3 cm³/mol. The Morgan fingerprint density at radius 2 is 2.00 bits per heavy atom. The number of carbonyl (C=O) groups is 2. The van der Waals surface area contributed by atoms with Gasteiger partial charge in [-0.05, 0) is 0 Å². The number of hydrogen-bond donors (Lipinski definition) is 0. The summed E-state index contributed by atoms with van der Waals surface area (Å²) in [6, 6.07) is 0. The molecule has 0 aliphatic carbocycles. The summed E-state index contributed by atoms with van der Waals surface area (Å²) in [7, 11) is 0. The minimum absolute atomic E-state index is 0.390. The lowest BCUT2D eigenvalue weighted by Gasteiger charge is -2.17. The molecule has 56 valence electrons. The molecule has 0 unspecified atom stereocenters. The smallest absolute Gasteiger partial charge is 0.384 e. The largest absolute Gasteiger partial charge is 0.389 e. The third kappa shape index (κ3) is 1.12. The second kappa shape index (κ2) is 2.00. The molecule has 1 heterocycles. The standard InChI is InChI=1S/C5H4F2O3/c6-5(7)2-1-3(8)10-4(5)9/h1-2H2. The average Bonchev–Trinajstić information content (AvgIpc) is 1.81. The lowest BCUT2D eigenvalue weighted by molar-refractivity contribution is -0.188. The SMILES string of the molecule is O=C1CCC(F)(F)C(=O)O1. The summed E-state index contributed by atoms with van der Waals surface area (Å²) in [5.74, 6) is -6.08. The molecule has 3 nitrogen and oxygen atoms in total. The lowest BCUT2D eigenvalue weighted by atomic mass is 10.1. The van der Waals surface area contributed by atoms with Gasteiger partial charge in [-0.2, -0.15) is 8.78 Å². The van der Waals surface area contributed by atoms with Crippen LogP contribution in [-0.2, 0) is 14.3 Å². The number of alkyl halides is 2. The van der Waals surface area contributed by atoms with E-state index in [-0.39, 0.29) is 0 Å². The Hall–Kier alpha value is -1.00. The zero-order valence-corrected chi connectivity index (χ0v) is 4.89. The second-order valence-electron chi connectivity index (χ2n) is 1.97. The normalized spacial score (nSPS) is 24.2. The molecule has 0 N–H and O–H groups in total. The van der Waals surface area contributed by atoms with Crippen LogP contribution in [0.1, 0.15) is 12.8 Å².